The quantitative estimate of drug-likeness (QED) is 0.101. The molecule has 0 spiro atoms. The van der Waals surface area contributed by atoms with E-state index >= 15 is 0 Å². The summed E-state index contributed by atoms with van der Waals surface area (Å²) in [6, 6.07) is 0. The van der Waals surface area contributed by atoms with Crippen LogP contribution in [0.1, 0.15) is 150 Å². The molecule has 1 N–H and O–H groups in total. The molecule has 1 aliphatic rings. The minimum atomic E-state index is -0.905. The fraction of sp³-hybridized carbons (Fsp3) is 0.909. The zero-order valence-corrected chi connectivity index (χ0v) is 25.7. The Kier molecular flexibility index (Phi) is 20.1. The van der Waals surface area contributed by atoms with E-state index in [4.69, 9.17) is 9.47 Å². The molecule has 0 radical (unpaired) electrons. The van der Waals surface area contributed by atoms with Crippen molar-refractivity contribution in [3.8, 4) is 0 Å². The van der Waals surface area contributed by atoms with Gasteiger partial charge in [-0.25, -0.2) is 0 Å². The van der Waals surface area contributed by atoms with Crippen LogP contribution >= 0.6 is 0 Å². The van der Waals surface area contributed by atoms with Crippen LogP contribution in [0.3, 0.4) is 0 Å². The summed E-state index contributed by atoms with van der Waals surface area (Å²) in [5.74, 6) is -2.08. The molecular weight excluding hydrogens is 492 g/mol. The smallest absolute Gasteiger partial charge is 0.309 e. The minimum absolute atomic E-state index is 0.154. The van der Waals surface area contributed by atoms with Gasteiger partial charge >= 0.3 is 17.9 Å². The highest BCUT2D eigenvalue weighted by Gasteiger charge is 2.43. The van der Waals surface area contributed by atoms with E-state index in [1.54, 1.807) is 0 Å². The number of carbonyl (C=O) groups is 3. The molecular formula is C33H60O6. The molecule has 3 atom stereocenters. The molecule has 6 heteroatoms. The second-order valence-electron chi connectivity index (χ2n) is 12.7. The van der Waals surface area contributed by atoms with E-state index in [2.05, 4.69) is 27.7 Å². The number of esters is 2. The van der Waals surface area contributed by atoms with E-state index in [1.807, 2.05) is 0 Å². The number of hydrogen-bond acceptors (Lipinski definition) is 5. The van der Waals surface area contributed by atoms with Gasteiger partial charge < -0.3 is 14.6 Å². The van der Waals surface area contributed by atoms with Crippen molar-refractivity contribution in [2.24, 2.45) is 29.6 Å². The summed E-state index contributed by atoms with van der Waals surface area (Å²) in [6.07, 6.45) is 19.6. The third-order valence-corrected chi connectivity index (χ3v) is 8.15. The zero-order valence-electron chi connectivity index (χ0n) is 25.7. The van der Waals surface area contributed by atoms with E-state index in [9.17, 15) is 19.5 Å². The van der Waals surface area contributed by atoms with E-state index in [0.717, 1.165) is 50.4 Å². The molecule has 1 aliphatic carbocycles. The lowest BCUT2D eigenvalue weighted by Crippen LogP contribution is -2.39. The number of unbranched alkanes of at least 4 members (excludes halogenated alkanes) is 12. The number of carboxylic acid groups (broad SMARTS) is 1. The highest BCUT2D eigenvalue weighted by molar-refractivity contribution is 5.83. The van der Waals surface area contributed by atoms with Crippen LogP contribution in [-0.4, -0.2) is 36.2 Å². The van der Waals surface area contributed by atoms with Gasteiger partial charge in [0.05, 0.1) is 31.0 Å². The van der Waals surface area contributed by atoms with Gasteiger partial charge in [-0.1, -0.05) is 118 Å². The van der Waals surface area contributed by atoms with Crippen LogP contribution in [0.15, 0.2) is 0 Å². The molecule has 228 valence electrons. The van der Waals surface area contributed by atoms with Gasteiger partial charge in [-0.2, -0.15) is 0 Å². The van der Waals surface area contributed by atoms with Crippen LogP contribution in [0.4, 0.5) is 0 Å². The van der Waals surface area contributed by atoms with Crippen molar-refractivity contribution in [3.63, 3.8) is 0 Å². The van der Waals surface area contributed by atoms with Crippen molar-refractivity contribution in [2.75, 3.05) is 13.2 Å². The third kappa shape index (κ3) is 17.7. The van der Waals surface area contributed by atoms with Crippen molar-refractivity contribution < 1.29 is 29.0 Å². The summed E-state index contributed by atoms with van der Waals surface area (Å²) in [6.45, 7) is 9.76. The first-order valence-corrected chi connectivity index (χ1v) is 16.3. The van der Waals surface area contributed by atoms with Crippen LogP contribution < -0.4 is 0 Å². The predicted molar refractivity (Wildman–Crippen MR) is 157 cm³/mol. The van der Waals surface area contributed by atoms with Crippen molar-refractivity contribution in [1.82, 2.24) is 0 Å². The Morgan fingerprint density at radius 1 is 0.590 bits per heavy atom. The van der Waals surface area contributed by atoms with Crippen LogP contribution in [0.5, 0.6) is 0 Å². The predicted octanol–water partition coefficient (Wildman–Crippen LogP) is 8.74. The summed E-state index contributed by atoms with van der Waals surface area (Å²) in [4.78, 5) is 37.3. The van der Waals surface area contributed by atoms with Gasteiger partial charge in [0.1, 0.15) is 0 Å². The van der Waals surface area contributed by atoms with Crippen LogP contribution in [0, 0.1) is 29.6 Å². The van der Waals surface area contributed by atoms with Gasteiger partial charge in [-0.05, 0) is 43.9 Å². The molecule has 3 unspecified atom stereocenters. The lowest BCUT2D eigenvalue weighted by molar-refractivity contribution is -0.166. The van der Waals surface area contributed by atoms with Gasteiger partial charge in [0.25, 0.3) is 0 Å². The standard InChI is InChI=1S/C33H60O6/c1-26(2)19-15-11-7-5-9-13-17-23-38-32(36)29-22-21-28(31(34)35)25-30(29)33(37)39-24-18-14-10-6-8-12-16-20-27(3)4/h26-30H,5-25H2,1-4H3,(H,34,35). The van der Waals surface area contributed by atoms with E-state index in [-0.39, 0.29) is 12.4 Å². The van der Waals surface area contributed by atoms with Crippen LogP contribution in [0.25, 0.3) is 0 Å². The zero-order chi connectivity index (χ0) is 28.9. The Balaban J connectivity index is 2.29. The number of ether oxygens (including phenoxy) is 2. The SMILES string of the molecule is CC(C)CCCCCCCCCOC(=O)C1CCC(C(=O)O)CC1C(=O)OCCCCCCCCCC(C)C. The molecule has 39 heavy (non-hydrogen) atoms. The monoisotopic (exact) mass is 552 g/mol. The number of rotatable bonds is 23. The molecule has 0 aromatic heterocycles. The normalized spacial score (nSPS) is 19.4. The molecule has 0 heterocycles. The second-order valence-corrected chi connectivity index (χ2v) is 12.7. The molecule has 1 saturated carbocycles. The maximum absolute atomic E-state index is 12.9. The Morgan fingerprint density at radius 3 is 1.38 bits per heavy atom. The number of hydrogen-bond donors (Lipinski definition) is 1. The van der Waals surface area contributed by atoms with Crippen molar-refractivity contribution in [3.05, 3.63) is 0 Å². The first-order valence-electron chi connectivity index (χ1n) is 16.3. The number of aliphatic carboxylic acids is 1. The topological polar surface area (TPSA) is 89.9 Å². The lowest BCUT2D eigenvalue weighted by atomic mass is 9.74. The lowest BCUT2D eigenvalue weighted by Gasteiger charge is -2.31. The van der Waals surface area contributed by atoms with Gasteiger partial charge in [0, 0.05) is 0 Å². The summed E-state index contributed by atoms with van der Waals surface area (Å²) in [5.41, 5.74) is 0. The molecule has 0 aromatic carbocycles. The summed E-state index contributed by atoms with van der Waals surface area (Å²) in [7, 11) is 0. The number of carboxylic acids is 1. The first-order chi connectivity index (χ1) is 18.7. The highest BCUT2D eigenvalue weighted by Crippen LogP contribution is 2.36. The Morgan fingerprint density at radius 2 is 0.974 bits per heavy atom. The second kappa shape index (κ2) is 22.1. The summed E-state index contributed by atoms with van der Waals surface area (Å²) in [5, 5.41) is 9.49. The summed E-state index contributed by atoms with van der Waals surface area (Å²) >= 11 is 0. The maximum Gasteiger partial charge on any atom is 0.309 e. The molecule has 0 aromatic rings. The van der Waals surface area contributed by atoms with Crippen molar-refractivity contribution >= 4 is 17.9 Å². The van der Waals surface area contributed by atoms with Crippen molar-refractivity contribution in [2.45, 2.75) is 150 Å². The first kappa shape index (κ1) is 35.4. The number of carbonyl (C=O) groups excluding carboxylic acids is 2. The fourth-order valence-corrected chi connectivity index (χ4v) is 5.57. The fourth-order valence-electron chi connectivity index (χ4n) is 5.57. The third-order valence-electron chi connectivity index (χ3n) is 8.15. The van der Waals surface area contributed by atoms with Crippen LogP contribution in [0.2, 0.25) is 0 Å². The van der Waals surface area contributed by atoms with Crippen LogP contribution in [-0.2, 0) is 23.9 Å². The molecule has 1 rings (SSSR count). The summed E-state index contributed by atoms with van der Waals surface area (Å²) < 4.78 is 11.1. The van der Waals surface area contributed by atoms with Gasteiger partial charge in [0.2, 0.25) is 0 Å². The van der Waals surface area contributed by atoms with Gasteiger partial charge in [-0.15, -0.1) is 0 Å². The van der Waals surface area contributed by atoms with E-state index in [0.29, 0.717) is 26.1 Å². The molecule has 0 aliphatic heterocycles. The molecule has 6 nitrogen and oxygen atoms in total. The molecule has 0 saturated heterocycles. The average Bonchev–Trinajstić information content (AvgIpc) is 2.89. The molecule has 0 bridgehead atoms. The maximum atomic E-state index is 12.9. The molecule has 0 amide bonds. The Hall–Kier alpha value is -1.59. The Labute approximate surface area is 239 Å². The largest absolute Gasteiger partial charge is 0.481 e. The van der Waals surface area contributed by atoms with E-state index in [1.165, 1.54) is 64.2 Å². The van der Waals surface area contributed by atoms with Gasteiger partial charge in [0.15, 0.2) is 0 Å². The molecule has 1 fully saturated rings. The average molecular weight is 553 g/mol. The van der Waals surface area contributed by atoms with Gasteiger partial charge in [-0.3, -0.25) is 14.4 Å². The minimum Gasteiger partial charge on any atom is -0.481 e. The van der Waals surface area contributed by atoms with E-state index < -0.39 is 29.7 Å². The van der Waals surface area contributed by atoms with Crippen molar-refractivity contribution in [1.29, 1.82) is 0 Å². The Bertz CT molecular complexity index is 659. The highest BCUT2D eigenvalue weighted by atomic mass is 16.5.